The Morgan fingerprint density at radius 1 is 1.10 bits per heavy atom. The minimum atomic E-state index is -4.61. The lowest BCUT2D eigenvalue weighted by atomic mass is 10.2. The zero-order valence-electron chi connectivity index (χ0n) is 10.1. The number of nitrogens with zero attached hydrogens (tertiary/aromatic N) is 1. The van der Waals surface area contributed by atoms with Crippen molar-refractivity contribution < 1.29 is 26.3 Å². The van der Waals surface area contributed by atoms with Crippen molar-refractivity contribution in [2.24, 2.45) is 0 Å². The third-order valence-corrected chi connectivity index (χ3v) is 3.77. The van der Waals surface area contributed by atoms with Gasteiger partial charge in [-0.25, -0.2) is 13.4 Å². The summed E-state index contributed by atoms with van der Waals surface area (Å²) >= 11 is 0. The van der Waals surface area contributed by atoms with Crippen molar-refractivity contribution in [2.75, 3.05) is 0 Å². The summed E-state index contributed by atoms with van der Waals surface area (Å²) in [6.45, 7) is 0. The summed E-state index contributed by atoms with van der Waals surface area (Å²) in [7, 11) is 1.22. The van der Waals surface area contributed by atoms with E-state index in [9.17, 15) is 21.6 Å². The number of ether oxygens (including phenoxy) is 1. The first-order valence-electron chi connectivity index (χ1n) is 5.43. The van der Waals surface area contributed by atoms with Gasteiger partial charge in [0.2, 0.25) is 5.88 Å². The Morgan fingerprint density at radius 3 is 2.24 bits per heavy atom. The van der Waals surface area contributed by atoms with Gasteiger partial charge in [0.05, 0.1) is 4.90 Å². The fourth-order valence-electron chi connectivity index (χ4n) is 1.47. The van der Waals surface area contributed by atoms with Crippen molar-refractivity contribution in [3.63, 3.8) is 0 Å². The van der Waals surface area contributed by atoms with Gasteiger partial charge < -0.3 is 4.74 Å². The number of pyridine rings is 1. The maximum Gasteiger partial charge on any atom is 0.421 e. The molecule has 0 atom stereocenters. The van der Waals surface area contributed by atoms with Crippen molar-refractivity contribution in [2.45, 2.75) is 11.1 Å². The largest absolute Gasteiger partial charge is 0.438 e. The first kappa shape index (κ1) is 15.6. The zero-order valence-corrected chi connectivity index (χ0v) is 11.7. The molecule has 0 amide bonds. The molecule has 2 rings (SSSR count). The van der Waals surface area contributed by atoms with Crippen LogP contribution in [0.1, 0.15) is 5.56 Å². The van der Waals surface area contributed by atoms with Crippen LogP contribution in [0.25, 0.3) is 0 Å². The molecule has 9 heteroatoms. The van der Waals surface area contributed by atoms with Gasteiger partial charge in [-0.05, 0) is 36.4 Å². The third kappa shape index (κ3) is 3.85. The van der Waals surface area contributed by atoms with Crippen molar-refractivity contribution in [3.8, 4) is 11.6 Å². The SMILES string of the molecule is O=S(=O)(Cl)c1ccc(Oc2ncccc2C(F)(F)F)cc1. The van der Waals surface area contributed by atoms with Gasteiger partial charge in [0.1, 0.15) is 11.3 Å². The topological polar surface area (TPSA) is 56.3 Å². The Balaban J connectivity index is 2.31. The molecule has 1 heterocycles. The smallest absolute Gasteiger partial charge is 0.421 e. The first-order valence-corrected chi connectivity index (χ1v) is 7.73. The van der Waals surface area contributed by atoms with E-state index in [0.29, 0.717) is 0 Å². The van der Waals surface area contributed by atoms with E-state index in [-0.39, 0.29) is 10.6 Å². The highest BCUT2D eigenvalue weighted by molar-refractivity contribution is 8.13. The van der Waals surface area contributed by atoms with Crippen LogP contribution in [0, 0.1) is 0 Å². The molecule has 0 unspecified atom stereocenters. The number of alkyl halides is 3. The van der Waals surface area contributed by atoms with E-state index in [0.717, 1.165) is 30.5 Å². The summed E-state index contributed by atoms with van der Waals surface area (Å²) < 4.78 is 65.4. The standard InChI is InChI=1S/C12H7ClF3NO3S/c13-21(18,19)9-5-3-8(4-6-9)20-11-10(12(14,15)16)2-1-7-17-11/h1-7H. The lowest BCUT2D eigenvalue weighted by molar-refractivity contribution is -0.138. The highest BCUT2D eigenvalue weighted by Gasteiger charge is 2.35. The van der Waals surface area contributed by atoms with E-state index in [1.807, 2.05) is 0 Å². The summed E-state index contributed by atoms with van der Waals surface area (Å²) in [6.07, 6.45) is -3.45. The molecular weight excluding hydrogens is 331 g/mol. The van der Waals surface area contributed by atoms with E-state index < -0.39 is 26.7 Å². The summed E-state index contributed by atoms with van der Waals surface area (Å²) in [5, 5.41) is 0. The van der Waals surface area contributed by atoms with Crippen LogP contribution in [-0.2, 0) is 15.2 Å². The van der Waals surface area contributed by atoms with Crippen molar-refractivity contribution in [3.05, 3.63) is 48.2 Å². The number of rotatable bonds is 3. The number of hydrogen-bond donors (Lipinski definition) is 0. The molecule has 0 saturated heterocycles. The summed E-state index contributed by atoms with van der Waals surface area (Å²) in [5.74, 6) is -0.616. The Hall–Kier alpha value is -1.80. The predicted octanol–water partition coefficient (Wildman–Crippen LogP) is 3.82. The zero-order chi connectivity index (χ0) is 15.7. The Kier molecular flexibility index (Phi) is 4.11. The van der Waals surface area contributed by atoms with E-state index in [4.69, 9.17) is 15.4 Å². The van der Waals surface area contributed by atoms with Crippen molar-refractivity contribution in [1.29, 1.82) is 0 Å². The van der Waals surface area contributed by atoms with Crippen LogP contribution in [0.5, 0.6) is 11.6 Å². The molecule has 21 heavy (non-hydrogen) atoms. The van der Waals surface area contributed by atoms with E-state index in [2.05, 4.69) is 4.98 Å². The molecule has 0 bridgehead atoms. The molecule has 0 aliphatic heterocycles. The normalized spacial score (nSPS) is 12.2. The quantitative estimate of drug-likeness (QED) is 0.799. The predicted molar refractivity (Wildman–Crippen MR) is 68.8 cm³/mol. The van der Waals surface area contributed by atoms with Crippen LogP contribution in [0.2, 0.25) is 0 Å². The molecule has 0 radical (unpaired) electrons. The fourth-order valence-corrected chi connectivity index (χ4v) is 2.24. The minimum Gasteiger partial charge on any atom is -0.438 e. The van der Waals surface area contributed by atoms with Crippen molar-refractivity contribution in [1.82, 2.24) is 4.98 Å². The van der Waals surface area contributed by atoms with Crippen LogP contribution in [0.15, 0.2) is 47.5 Å². The van der Waals surface area contributed by atoms with Crippen LogP contribution in [0.4, 0.5) is 13.2 Å². The molecule has 0 saturated carbocycles. The van der Waals surface area contributed by atoms with E-state index >= 15 is 0 Å². The maximum atomic E-state index is 12.8. The fraction of sp³-hybridized carbons (Fsp3) is 0.0833. The van der Waals surface area contributed by atoms with Crippen molar-refractivity contribution >= 4 is 19.7 Å². The molecule has 1 aromatic carbocycles. The number of aromatic nitrogens is 1. The first-order chi connectivity index (χ1) is 9.68. The molecule has 0 N–H and O–H groups in total. The number of benzene rings is 1. The van der Waals surface area contributed by atoms with Gasteiger partial charge in [-0.15, -0.1) is 0 Å². The second-order valence-corrected chi connectivity index (χ2v) is 6.43. The van der Waals surface area contributed by atoms with Crippen LogP contribution < -0.4 is 4.74 Å². The monoisotopic (exact) mass is 337 g/mol. The molecule has 0 aliphatic carbocycles. The summed E-state index contributed by atoms with van der Waals surface area (Å²) in [5.41, 5.74) is -1.03. The summed E-state index contributed by atoms with van der Waals surface area (Å²) in [6, 6.07) is 6.58. The molecule has 0 aliphatic rings. The average Bonchev–Trinajstić information content (AvgIpc) is 2.37. The highest BCUT2D eigenvalue weighted by atomic mass is 35.7. The molecule has 2 aromatic rings. The van der Waals surface area contributed by atoms with E-state index in [1.165, 1.54) is 12.1 Å². The Bertz CT molecular complexity index is 745. The molecule has 4 nitrogen and oxygen atoms in total. The molecular formula is C12H7ClF3NO3S. The average molecular weight is 338 g/mol. The van der Waals surface area contributed by atoms with Gasteiger partial charge in [-0.2, -0.15) is 13.2 Å². The Labute approximate surface area is 122 Å². The second kappa shape index (κ2) is 5.53. The Morgan fingerprint density at radius 2 is 1.71 bits per heavy atom. The molecule has 0 fully saturated rings. The maximum absolute atomic E-state index is 12.8. The number of hydrogen-bond acceptors (Lipinski definition) is 4. The highest BCUT2D eigenvalue weighted by Crippen LogP contribution is 2.36. The molecule has 0 spiro atoms. The summed E-state index contributed by atoms with van der Waals surface area (Å²) in [4.78, 5) is 3.34. The lowest BCUT2D eigenvalue weighted by Crippen LogP contribution is -2.08. The van der Waals surface area contributed by atoms with Gasteiger partial charge in [-0.1, -0.05) is 0 Å². The van der Waals surface area contributed by atoms with Crippen LogP contribution >= 0.6 is 10.7 Å². The van der Waals surface area contributed by atoms with Gasteiger partial charge in [-0.3, -0.25) is 0 Å². The van der Waals surface area contributed by atoms with Gasteiger partial charge in [0.25, 0.3) is 9.05 Å². The lowest BCUT2D eigenvalue weighted by Gasteiger charge is -2.12. The van der Waals surface area contributed by atoms with E-state index in [1.54, 1.807) is 0 Å². The second-order valence-electron chi connectivity index (χ2n) is 3.87. The van der Waals surface area contributed by atoms with Crippen LogP contribution in [-0.4, -0.2) is 13.4 Å². The molecule has 1 aromatic heterocycles. The van der Waals surface area contributed by atoms with Gasteiger partial charge >= 0.3 is 6.18 Å². The molecule has 112 valence electrons. The third-order valence-electron chi connectivity index (χ3n) is 2.40. The van der Waals surface area contributed by atoms with Crippen LogP contribution in [0.3, 0.4) is 0 Å². The number of halogens is 4. The van der Waals surface area contributed by atoms with Gasteiger partial charge in [0, 0.05) is 16.9 Å². The van der Waals surface area contributed by atoms with Gasteiger partial charge in [0.15, 0.2) is 0 Å². The minimum absolute atomic E-state index is 0.00302.